The summed E-state index contributed by atoms with van der Waals surface area (Å²) >= 11 is 0. The van der Waals surface area contributed by atoms with Crippen LogP contribution in [0.5, 0.6) is 5.75 Å². The summed E-state index contributed by atoms with van der Waals surface area (Å²) in [6, 6.07) is 21.5. The lowest BCUT2D eigenvalue weighted by molar-refractivity contribution is -0.111. The molecule has 8 heteroatoms. The van der Waals surface area contributed by atoms with Gasteiger partial charge in [-0.25, -0.2) is 4.79 Å². The maximum Gasteiger partial charge on any atom is 0.412 e. The monoisotopic (exact) mass is 442 g/mol. The van der Waals surface area contributed by atoms with Crippen molar-refractivity contribution in [3.05, 3.63) is 96.1 Å². The molecule has 5 N–H and O–H groups in total. The number of para-hydroxylation sites is 2. The lowest BCUT2D eigenvalue weighted by atomic mass is 10.1. The van der Waals surface area contributed by atoms with Crippen LogP contribution in [0, 0.1) is 11.3 Å². The molecule has 1 atom stereocenters. The molecule has 166 valence electrons. The molecule has 0 saturated carbocycles. The van der Waals surface area contributed by atoms with Gasteiger partial charge in [0.05, 0.1) is 23.0 Å². The average molecular weight is 442 g/mol. The summed E-state index contributed by atoms with van der Waals surface area (Å²) in [5.41, 5.74) is 8.36. The number of rotatable bonds is 7. The van der Waals surface area contributed by atoms with E-state index in [9.17, 15) is 14.7 Å². The predicted octanol–water partition coefficient (Wildman–Crippen LogP) is 4.72. The van der Waals surface area contributed by atoms with Crippen LogP contribution < -0.4 is 16.4 Å². The molecule has 33 heavy (non-hydrogen) atoms. The molecule has 3 aromatic carbocycles. The maximum absolute atomic E-state index is 12.4. The third-order valence-electron chi connectivity index (χ3n) is 4.61. The second-order valence-corrected chi connectivity index (χ2v) is 7.01. The van der Waals surface area contributed by atoms with Gasteiger partial charge in [-0.2, -0.15) is 5.26 Å². The number of nitrogen functional groups attached to an aromatic ring is 1. The Labute approximate surface area is 190 Å². The van der Waals surface area contributed by atoms with E-state index < -0.39 is 12.2 Å². The number of amides is 2. The van der Waals surface area contributed by atoms with Gasteiger partial charge in [0.15, 0.2) is 0 Å². The number of nitriles is 1. The fourth-order valence-corrected chi connectivity index (χ4v) is 2.93. The van der Waals surface area contributed by atoms with Crippen molar-refractivity contribution >= 4 is 29.1 Å². The van der Waals surface area contributed by atoms with Crippen molar-refractivity contribution in [3.63, 3.8) is 0 Å². The molecular weight excluding hydrogens is 420 g/mol. The largest absolute Gasteiger partial charge is 0.508 e. The SMILES string of the molecule is N#Cc1ccc(NC(=O)O[C@@H](C/C=C/C(=O)Nc2ccccc2N)c2ccc(O)cc2)cc1. The summed E-state index contributed by atoms with van der Waals surface area (Å²) < 4.78 is 5.56. The molecule has 8 nitrogen and oxygen atoms in total. The van der Waals surface area contributed by atoms with Gasteiger partial charge >= 0.3 is 6.09 Å². The maximum atomic E-state index is 12.4. The fraction of sp³-hybridized carbons (Fsp3) is 0.0800. The molecule has 0 aliphatic heterocycles. The number of ether oxygens (including phenoxy) is 1. The molecule has 0 unspecified atom stereocenters. The second kappa shape index (κ2) is 11.0. The van der Waals surface area contributed by atoms with Crippen LogP contribution in [0.25, 0.3) is 0 Å². The number of nitrogens with two attached hydrogens (primary N) is 1. The molecule has 0 aliphatic carbocycles. The molecule has 0 fully saturated rings. The third-order valence-corrected chi connectivity index (χ3v) is 4.61. The van der Waals surface area contributed by atoms with Crippen LogP contribution in [0.4, 0.5) is 21.9 Å². The Morgan fingerprint density at radius 1 is 1.03 bits per heavy atom. The smallest absolute Gasteiger partial charge is 0.412 e. The standard InChI is InChI=1S/C25H22N4O4/c26-16-17-8-12-19(13-9-17)28-25(32)33-23(18-10-14-20(30)15-11-18)6-3-7-24(31)29-22-5-2-1-4-21(22)27/h1-5,7-15,23,30H,6,27H2,(H,28,32)(H,29,31)/b7-3+/t23-/m0/s1. The van der Waals surface area contributed by atoms with Gasteiger partial charge < -0.3 is 20.9 Å². The zero-order valence-electron chi connectivity index (χ0n) is 17.6. The van der Waals surface area contributed by atoms with E-state index in [2.05, 4.69) is 10.6 Å². The summed E-state index contributed by atoms with van der Waals surface area (Å²) in [7, 11) is 0. The summed E-state index contributed by atoms with van der Waals surface area (Å²) in [5.74, 6) is -0.297. The quantitative estimate of drug-likeness (QED) is 0.309. The summed E-state index contributed by atoms with van der Waals surface area (Å²) in [6.07, 6.45) is 1.72. The van der Waals surface area contributed by atoms with Crippen LogP contribution in [-0.4, -0.2) is 17.1 Å². The van der Waals surface area contributed by atoms with Crippen molar-refractivity contribution in [2.45, 2.75) is 12.5 Å². The van der Waals surface area contributed by atoms with Crippen molar-refractivity contribution in [3.8, 4) is 11.8 Å². The van der Waals surface area contributed by atoms with Crippen molar-refractivity contribution in [1.29, 1.82) is 5.26 Å². The van der Waals surface area contributed by atoms with E-state index in [-0.39, 0.29) is 18.1 Å². The zero-order valence-corrected chi connectivity index (χ0v) is 17.6. The Kier molecular flexibility index (Phi) is 7.65. The van der Waals surface area contributed by atoms with Crippen molar-refractivity contribution in [2.75, 3.05) is 16.4 Å². The van der Waals surface area contributed by atoms with E-state index in [0.717, 1.165) is 0 Å². The van der Waals surface area contributed by atoms with Crippen molar-refractivity contribution in [2.24, 2.45) is 0 Å². The van der Waals surface area contributed by atoms with Crippen LogP contribution in [-0.2, 0) is 9.53 Å². The number of phenols is 1. The van der Waals surface area contributed by atoms with Crippen LogP contribution >= 0.6 is 0 Å². The number of nitrogens with zero attached hydrogens (tertiary/aromatic N) is 1. The number of aromatic hydroxyl groups is 1. The topological polar surface area (TPSA) is 137 Å². The van der Waals surface area contributed by atoms with Gasteiger partial charge in [0.1, 0.15) is 11.9 Å². The van der Waals surface area contributed by atoms with Crippen molar-refractivity contribution in [1.82, 2.24) is 0 Å². The number of hydrogen-bond donors (Lipinski definition) is 4. The average Bonchev–Trinajstić information content (AvgIpc) is 2.81. The Morgan fingerprint density at radius 2 is 1.73 bits per heavy atom. The van der Waals surface area contributed by atoms with Gasteiger partial charge in [-0.15, -0.1) is 0 Å². The van der Waals surface area contributed by atoms with Crippen LogP contribution in [0.1, 0.15) is 23.7 Å². The van der Waals surface area contributed by atoms with Gasteiger partial charge in [-0.3, -0.25) is 10.1 Å². The first kappa shape index (κ1) is 22.9. The molecule has 0 aliphatic rings. The lowest BCUT2D eigenvalue weighted by Crippen LogP contribution is -2.17. The molecule has 3 rings (SSSR count). The Morgan fingerprint density at radius 3 is 2.39 bits per heavy atom. The van der Waals surface area contributed by atoms with E-state index >= 15 is 0 Å². The van der Waals surface area contributed by atoms with E-state index in [4.69, 9.17) is 15.7 Å². The zero-order chi connectivity index (χ0) is 23.6. The highest BCUT2D eigenvalue weighted by Gasteiger charge is 2.16. The predicted molar refractivity (Wildman–Crippen MR) is 125 cm³/mol. The Hall–Kier alpha value is -4.77. The second-order valence-electron chi connectivity index (χ2n) is 7.01. The van der Waals surface area contributed by atoms with Gasteiger partial charge in [-0.05, 0) is 60.2 Å². The number of nitrogens with one attached hydrogen (secondary N) is 2. The van der Waals surface area contributed by atoms with Gasteiger partial charge in [0.2, 0.25) is 5.91 Å². The number of hydrogen-bond acceptors (Lipinski definition) is 6. The number of phenolic OH excluding ortho intramolecular Hbond substituents is 1. The third kappa shape index (κ3) is 6.87. The molecule has 0 saturated heterocycles. The minimum absolute atomic E-state index is 0.0786. The fourth-order valence-electron chi connectivity index (χ4n) is 2.93. The summed E-state index contributed by atoms with van der Waals surface area (Å²) in [4.78, 5) is 24.6. The van der Waals surface area contributed by atoms with Gasteiger partial charge in [-0.1, -0.05) is 30.3 Å². The highest BCUT2D eigenvalue weighted by Crippen LogP contribution is 2.25. The summed E-state index contributed by atoms with van der Waals surface area (Å²) in [5, 5.41) is 23.7. The van der Waals surface area contributed by atoms with Crippen LogP contribution in [0.15, 0.2) is 84.9 Å². The highest BCUT2D eigenvalue weighted by molar-refractivity contribution is 6.01. The van der Waals surface area contributed by atoms with E-state index in [1.165, 1.54) is 18.2 Å². The lowest BCUT2D eigenvalue weighted by Gasteiger charge is -2.17. The molecule has 0 bridgehead atoms. The number of anilines is 3. The molecule has 0 heterocycles. The molecule has 0 spiro atoms. The van der Waals surface area contributed by atoms with Crippen molar-refractivity contribution < 1.29 is 19.4 Å². The van der Waals surface area contributed by atoms with Gasteiger partial charge in [0.25, 0.3) is 0 Å². The number of benzene rings is 3. The number of carbonyl (C=O) groups is 2. The minimum Gasteiger partial charge on any atom is -0.508 e. The van der Waals surface area contributed by atoms with Crippen LogP contribution in [0.2, 0.25) is 0 Å². The first-order valence-electron chi connectivity index (χ1n) is 10.0. The van der Waals surface area contributed by atoms with Gasteiger partial charge in [0, 0.05) is 12.1 Å². The molecule has 2 amide bonds. The first-order valence-corrected chi connectivity index (χ1v) is 10.0. The molecule has 0 aromatic heterocycles. The Balaban J connectivity index is 1.66. The Bertz CT molecular complexity index is 1180. The minimum atomic E-state index is -0.713. The van der Waals surface area contributed by atoms with E-state index in [0.29, 0.717) is 28.2 Å². The molecular formula is C25H22N4O4. The van der Waals surface area contributed by atoms with E-state index in [1.807, 2.05) is 6.07 Å². The molecule has 0 radical (unpaired) electrons. The molecule has 3 aromatic rings. The van der Waals surface area contributed by atoms with E-state index in [1.54, 1.807) is 66.7 Å². The normalized spacial score (nSPS) is 11.4. The first-order chi connectivity index (χ1) is 15.9. The highest BCUT2D eigenvalue weighted by atomic mass is 16.6. The summed E-state index contributed by atoms with van der Waals surface area (Å²) in [6.45, 7) is 0. The number of carbonyl (C=O) groups excluding carboxylic acids is 2. The van der Waals surface area contributed by atoms with Crippen LogP contribution in [0.3, 0.4) is 0 Å².